The number of aromatic nitrogens is 3. The van der Waals surface area contributed by atoms with E-state index in [2.05, 4.69) is 21.9 Å². The number of carbonyl (C=O) groups excluding carboxylic acids is 1. The number of fused-ring (bicyclic) bond motifs is 1. The number of carbonyl (C=O) groups is 1. The zero-order valence-electron chi connectivity index (χ0n) is 18.0. The maximum absolute atomic E-state index is 12.8. The lowest BCUT2D eigenvalue weighted by Crippen LogP contribution is -2.26. The molecule has 2 aromatic carbocycles. The fourth-order valence-electron chi connectivity index (χ4n) is 3.76. The van der Waals surface area contributed by atoms with Crippen LogP contribution in [0.5, 0.6) is 11.5 Å². The summed E-state index contributed by atoms with van der Waals surface area (Å²) < 4.78 is 13.8. The van der Waals surface area contributed by atoms with Crippen LogP contribution in [-0.4, -0.2) is 50.3 Å². The van der Waals surface area contributed by atoms with Crippen molar-refractivity contribution < 1.29 is 14.3 Å². The number of thioether (sulfide) groups is 1. The normalized spacial score (nSPS) is 17.0. The van der Waals surface area contributed by atoms with Gasteiger partial charge < -0.3 is 9.47 Å². The molecule has 9 heteroatoms. The first-order valence-electron chi connectivity index (χ1n) is 10.7. The summed E-state index contributed by atoms with van der Waals surface area (Å²) >= 11 is 1.33. The van der Waals surface area contributed by atoms with Crippen LogP contribution in [0.4, 0.5) is 0 Å². The smallest absolute Gasteiger partial charge is 0.253 e. The minimum atomic E-state index is -0.394. The third kappa shape index (κ3) is 4.49. The summed E-state index contributed by atoms with van der Waals surface area (Å²) in [5, 5.41) is 15.4. The Kier molecular flexibility index (Phi) is 6.12. The van der Waals surface area contributed by atoms with Crippen LogP contribution in [0.25, 0.3) is 0 Å². The number of allylic oxidation sites excluding steroid dienone is 1. The van der Waals surface area contributed by atoms with Gasteiger partial charge in [0.1, 0.15) is 6.61 Å². The Labute approximate surface area is 195 Å². The lowest BCUT2D eigenvalue weighted by Gasteiger charge is -2.26. The molecule has 0 saturated heterocycles. The molecule has 8 nitrogen and oxygen atoms in total. The summed E-state index contributed by atoms with van der Waals surface area (Å²) in [6, 6.07) is 17.5. The topological polar surface area (TPSA) is 81.8 Å². The molecule has 0 radical (unpaired) electrons. The van der Waals surface area contributed by atoms with E-state index in [4.69, 9.17) is 9.47 Å². The van der Waals surface area contributed by atoms with E-state index >= 15 is 0 Å². The summed E-state index contributed by atoms with van der Waals surface area (Å²) in [6.07, 6.45) is 2.12. The molecular formula is C24H23N5O3S. The van der Waals surface area contributed by atoms with Crippen molar-refractivity contribution in [2.24, 2.45) is 5.10 Å². The fraction of sp³-hybridized carbons (Fsp3) is 0.250. The van der Waals surface area contributed by atoms with Gasteiger partial charge in [-0.2, -0.15) is 5.10 Å². The third-order valence-electron chi connectivity index (χ3n) is 5.38. The Morgan fingerprint density at radius 3 is 2.73 bits per heavy atom. The molecule has 168 valence electrons. The van der Waals surface area contributed by atoms with Gasteiger partial charge in [-0.1, -0.05) is 60.3 Å². The number of para-hydroxylation sites is 2. The summed E-state index contributed by atoms with van der Waals surface area (Å²) in [4.78, 5) is 12.8. The van der Waals surface area contributed by atoms with E-state index in [1.54, 1.807) is 11.1 Å². The first-order valence-corrected chi connectivity index (χ1v) is 11.7. The van der Waals surface area contributed by atoms with E-state index in [-0.39, 0.29) is 11.7 Å². The molecule has 0 spiro atoms. The number of amides is 1. The number of hydrazone groups is 1. The molecular weight excluding hydrogens is 438 g/mol. The number of nitrogens with zero attached hydrogens (tertiary/aromatic N) is 5. The molecule has 33 heavy (non-hydrogen) atoms. The van der Waals surface area contributed by atoms with Gasteiger partial charge in [0, 0.05) is 13.0 Å². The van der Waals surface area contributed by atoms with Crippen molar-refractivity contribution in [2.45, 2.75) is 24.2 Å². The zero-order valence-corrected chi connectivity index (χ0v) is 18.8. The van der Waals surface area contributed by atoms with Crippen molar-refractivity contribution in [1.29, 1.82) is 0 Å². The van der Waals surface area contributed by atoms with Crippen LogP contribution >= 0.6 is 11.8 Å². The van der Waals surface area contributed by atoms with Crippen molar-refractivity contribution >= 4 is 23.4 Å². The molecule has 3 heterocycles. The molecule has 5 rings (SSSR count). The Hall–Kier alpha value is -3.59. The van der Waals surface area contributed by atoms with Gasteiger partial charge in [-0.15, -0.1) is 16.8 Å². The number of ether oxygens (including phenoxy) is 2. The van der Waals surface area contributed by atoms with Gasteiger partial charge in [-0.3, -0.25) is 9.36 Å². The van der Waals surface area contributed by atoms with Crippen molar-refractivity contribution in [3.8, 4) is 11.5 Å². The van der Waals surface area contributed by atoms with Crippen LogP contribution < -0.4 is 9.47 Å². The van der Waals surface area contributed by atoms with Gasteiger partial charge >= 0.3 is 0 Å². The lowest BCUT2D eigenvalue weighted by atomic mass is 10.1. The van der Waals surface area contributed by atoms with E-state index in [1.807, 2.05) is 59.2 Å². The Morgan fingerprint density at radius 2 is 1.91 bits per heavy atom. The van der Waals surface area contributed by atoms with E-state index in [0.717, 1.165) is 17.7 Å². The molecule has 0 bridgehead atoms. The largest absolute Gasteiger partial charge is 0.485 e. The molecule has 0 aliphatic carbocycles. The van der Waals surface area contributed by atoms with Gasteiger partial charge in [0.05, 0.1) is 18.0 Å². The Morgan fingerprint density at radius 1 is 1.12 bits per heavy atom. The van der Waals surface area contributed by atoms with E-state index in [0.29, 0.717) is 42.2 Å². The summed E-state index contributed by atoms with van der Waals surface area (Å²) in [5.74, 6) is 2.18. The second-order valence-electron chi connectivity index (χ2n) is 7.57. The fourth-order valence-corrected chi connectivity index (χ4v) is 4.59. The van der Waals surface area contributed by atoms with E-state index in [1.165, 1.54) is 11.8 Å². The van der Waals surface area contributed by atoms with Crippen molar-refractivity contribution in [2.75, 3.05) is 18.9 Å². The molecule has 0 N–H and O–H groups in total. The number of benzene rings is 2. The van der Waals surface area contributed by atoms with E-state index < -0.39 is 6.10 Å². The highest BCUT2D eigenvalue weighted by atomic mass is 32.2. The quantitative estimate of drug-likeness (QED) is 0.394. The Balaban J connectivity index is 1.27. The van der Waals surface area contributed by atoms with Gasteiger partial charge in [0.2, 0.25) is 0 Å². The van der Waals surface area contributed by atoms with Crippen LogP contribution in [0.15, 0.2) is 77.5 Å². The second kappa shape index (κ2) is 9.50. The van der Waals surface area contributed by atoms with Crippen LogP contribution in [-0.2, 0) is 11.3 Å². The van der Waals surface area contributed by atoms with Gasteiger partial charge in [0.15, 0.2) is 28.6 Å². The van der Waals surface area contributed by atoms with Gasteiger partial charge in [0.25, 0.3) is 5.91 Å². The summed E-state index contributed by atoms with van der Waals surface area (Å²) in [6.45, 7) is 5.26. The molecule has 1 aromatic heterocycles. The van der Waals surface area contributed by atoms with Crippen LogP contribution in [0.2, 0.25) is 0 Å². The molecule has 2 aliphatic rings. The summed E-state index contributed by atoms with van der Waals surface area (Å²) in [5.41, 5.74) is 1.98. The second-order valence-corrected chi connectivity index (χ2v) is 8.52. The highest BCUT2D eigenvalue weighted by Crippen LogP contribution is 2.36. The van der Waals surface area contributed by atoms with Crippen molar-refractivity contribution in [3.63, 3.8) is 0 Å². The summed E-state index contributed by atoms with van der Waals surface area (Å²) in [7, 11) is 0. The number of hydrogen-bond acceptors (Lipinski definition) is 7. The molecule has 1 amide bonds. The van der Waals surface area contributed by atoms with Gasteiger partial charge in [-0.25, -0.2) is 5.01 Å². The van der Waals surface area contributed by atoms with Crippen molar-refractivity contribution in [3.05, 3.63) is 78.6 Å². The monoisotopic (exact) mass is 461 g/mol. The van der Waals surface area contributed by atoms with Crippen LogP contribution in [0, 0.1) is 0 Å². The maximum Gasteiger partial charge on any atom is 0.253 e. The Bertz CT molecular complexity index is 1190. The maximum atomic E-state index is 12.8. The highest BCUT2D eigenvalue weighted by molar-refractivity contribution is 7.99. The molecule has 2 aliphatic heterocycles. The predicted molar refractivity (Wildman–Crippen MR) is 126 cm³/mol. The van der Waals surface area contributed by atoms with E-state index in [9.17, 15) is 4.79 Å². The highest BCUT2D eigenvalue weighted by Gasteiger charge is 2.29. The third-order valence-corrected chi connectivity index (χ3v) is 6.33. The standard InChI is InChI=1S/C24H23N5O3S/c1-2-13-28-23(21-15-31-19-10-6-7-11-20(19)32-21)25-26-24(28)33-16-22(30)29-14-12-18(27-29)17-8-4-3-5-9-17/h2-11,21H,1,12-16H2. The lowest BCUT2D eigenvalue weighted by molar-refractivity contribution is -0.127. The first kappa shape index (κ1) is 21.3. The van der Waals surface area contributed by atoms with Gasteiger partial charge in [-0.05, 0) is 17.7 Å². The van der Waals surface area contributed by atoms with Crippen LogP contribution in [0.3, 0.4) is 0 Å². The molecule has 0 fully saturated rings. The number of hydrogen-bond donors (Lipinski definition) is 0. The van der Waals surface area contributed by atoms with Crippen molar-refractivity contribution in [1.82, 2.24) is 19.8 Å². The molecule has 1 unspecified atom stereocenters. The van der Waals surface area contributed by atoms with Crippen LogP contribution in [0.1, 0.15) is 23.9 Å². The average molecular weight is 462 g/mol. The SMILES string of the molecule is C=CCn1c(SCC(=O)N2CCC(c3ccccc3)=N2)nnc1C1COc2ccccc2O1. The molecule has 3 aromatic rings. The molecule has 1 atom stereocenters. The number of rotatable bonds is 7. The minimum Gasteiger partial charge on any atom is -0.485 e. The predicted octanol–water partition coefficient (Wildman–Crippen LogP) is 3.71. The zero-order chi connectivity index (χ0) is 22.6. The molecule has 0 saturated carbocycles. The first-order chi connectivity index (χ1) is 16.2. The average Bonchev–Trinajstić information content (AvgIpc) is 3.51. The minimum absolute atomic E-state index is 0.0631.